The Bertz CT molecular complexity index is 301. The van der Waals surface area contributed by atoms with Gasteiger partial charge in [0.05, 0.1) is 18.8 Å². The minimum absolute atomic E-state index is 0.321. The fourth-order valence-electron chi connectivity index (χ4n) is 1.56. The molecule has 0 spiro atoms. The van der Waals surface area contributed by atoms with Gasteiger partial charge in [0.25, 0.3) is 0 Å². The van der Waals surface area contributed by atoms with Crippen LogP contribution in [0.2, 0.25) is 0 Å². The van der Waals surface area contributed by atoms with Crippen LogP contribution in [0.15, 0.2) is 24.3 Å². The van der Waals surface area contributed by atoms with Crippen LogP contribution in [0.5, 0.6) is 5.75 Å². The van der Waals surface area contributed by atoms with Gasteiger partial charge >= 0.3 is 0 Å². The molecule has 2 atom stereocenters. The second-order valence-corrected chi connectivity index (χ2v) is 3.27. The summed E-state index contributed by atoms with van der Waals surface area (Å²) in [4.78, 5) is 0. The highest BCUT2D eigenvalue weighted by molar-refractivity contribution is 5.37. The third-order valence-electron chi connectivity index (χ3n) is 2.36. The molecule has 1 aromatic rings. The SMILES string of the molecule is NC1c2ccccc2OCCC1O. The summed E-state index contributed by atoms with van der Waals surface area (Å²) >= 11 is 0. The van der Waals surface area contributed by atoms with Crippen LogP contribution < -0.4 is 10.5 Å². The Morgan fingerprint density at radius 1 is 1.38 bits per heavy atom. The van der Waals surface area contributed by atoms with Crippen molar-refractivity contribution in [2.75, 3.05) is 6.61 Å². The Morgan fingerprint density at radius 3 is 3.00 bits per heavy atom. The molecule has 13 heavy (non-hydrogen) atoms. The van der Waals surface area contributed by atoms with E-state index >= 15 is 0 Å². The zero-order valence-electron chi connectivity index (χ0n) is 7.31. The summed E-state index contributed by atoms with van der Waals surface area (Å²) in [5.41, 5.74) is 6.76. The van der Waals surface area contributed by atoms with Crippen LogP contribution in [0.3, 0.4) is 0 Å². The van der Waals surface area contributed by atoms with E-state index in [0.29, 0.717) is 13.0 Å². The van der Waals surface area contributed by atoms with E-state index in [1.54, 1.807) is 0 Å². The normalized spacial score (nSPS) is 27.2. The van der Waals surface area contributed by atoms with Gasteiger partial charge in [0.1, 0.15) is 5.75 Å². The van der Waals surface area contributed by atoms with E-state index in [2.05, 4.69) is 0 Å². The molecule has 3 nitrogen and oxygen atoms in total. The maximum Gasteiger partial charge on any atom is 0.124 e. The smallest absolute Gasteiger partial charge is 0.124 e. The quantitative estimate of drug-likeness (QED) is 0.620. The molecule has 0 amide bonds. The summed E-state index contributed by atoms with van der Waals surface area (Å²) in [6.07, 6.45) is 0.0965. The molecule has 2 unspecified atom stereocenters. The maximum absolute atomic E-state index is 9.60. The van der Waals surface area contributed by atoms with Crippen LogP contribution in [0.4, 0.5) is 0 Å². The van der Waals surface area contributed by atoms with Crippen molar-refractivity contribution >= 4 is 0 Å². The number of aliphatic hydroxyl groups excluding tert-OH is 1. The molecular formula is C10H13NO2. The number of para-hydroxylation sites is 1. The second-order valence-electron chi connectivity index (χ2n) is 3.27. The number of benzene rings is 1. The van der Waals surface area contributed by atoms with Crippen molar-refractivity contribution in [3.05, 3.63) is 29.8 Å². The molecule has 1 aliphatic heterocycles. The lowest BCUT2D eigenvalue weighted by molar-refractivity contribution is 0.126. The third kappa shape index (κ3) is 1.53. The van der Waals surface area contributed by atoms with Crippen LogP contribution in [-0.4, -0.2) is 17.8 Å². The zero-order chi connectivity index (χ0) is 9.26. The highest BCUT2D eigenvalue weighted by Crippen LogP contribution is 2.29. The molecule has 70 valence electrons. The van der Waals surface area contributed by atoms with Gasteiger partial charge in [-0.25, -0.2) is 0 Å². The molecule has 3 N–H and O–H groups in total. The molecule has 0 saturated carbocycles. The van der Waals surface area contributed by atoms with Crippen molar-refractivity contribution in [1.29, 1.82) is 0 Å². The van der Waals surface area contributed by atoms with E-state index in [1.807, 2.05) is 24.3 Å². The van der Waals surface area contributed by atoms with Crippen LogP contribution in [0, 0.1) is 0 Å². The first-order valence-electron chi connectivity index (χ1n) is 4.44. The van der Waals surface area contributed by atoms with Crippen LogP contribution in [0.25, 0.3) is 0 Å². The van der Waals surface area contributed by atoms with Gasteiger partial charge in [-0.05, 0) is 6.07 Å². The minimum Gasteiger partial charge on any atom is -0.493 e. The van der Waals surface area contributed by atoms with Gasteiger partial charge in [-0.2, -0.15) is 0 Å². The predicted octanol–water partition coefficient (Wildman–Crippen LogP) is 0.830. The Hall–Kier alpha value is -1.06. The summed E-state index contributed by atoms with van der Waals surface area (Å²) in [6.45, 7) is 0.534. The van der Waals surface area contributed by atoms with Crippen molar-refractivity contribution in [2.24, 2.45) is 5.73 Å². The lowest BCUT2D eigenvalue weighted by Crippen LogP contribution is -2.25. The number of fused-ring (bicyclic) bond motifs is 1. The van der Waals surface area contributed by atoms with Gasteiger partial charge in [0.2, 0.25) is 0 Å². The molecule has 0 aromatic heterocycles. The molecule has 1 aromatic carbocycles. The van der Waals surface area contributed by atoms with Crippen molar-refractivity contribution in [1.82, 2.24) is 0 Å². The number of hydrogen-bond acceptors (Lipinski definition) is 3. The van der Waals surface area contributed by atoms with Gasteiger partial charge in [0, 0.05) is 12.0 Å². The van der Waals surface area contributed by atoms with Crippen LogP contribution in [-0.2, 0) is 0 Å². The molecule has 0 radical (unpaired) electrons. The van der Waals surface area contributed by atoms with E-state index in [-0.39, 0.29) is 6.04 Å². The topological polar surface area (TPSA) is 55.5 Å². The van der Waals surface area contributed by atoms with E-state index in [0.717, 1.165) is 11.3 Å². The molecular weight excluding hydrogens is 166 g/mol. The number of hydrogen-bond donors (Lipinski definition) is 2. The molecule has 0 bridgehead atoms. The summed E-state index contributed by atoms with van der Waals surface area (Å²) in [5, 5.41) is 9.60. The van der Waals surface area contributed by atoms with Crippen LogP contribution >= 0.6 is 0 Å². The summed E-state index contributed by atoms with van der Waals surface area (Å²) in [6, 6.07) is 7.27. The van der Waals surface area contributed by atoms with Crippen LogP contribution in [0.1, 0.15) is 18.0 Å². The first kappa shape index (κ1) is 8.53. The Morgan fingerprint density at radius 2 is 2.15 bits per heavy atom. The fraction of sp³-hybridized carbons (Fsp3) is 0.400. The maximum atomic E-state index is 9.60. The molecule has 1 aliphatic rings. The van der Waals surface area contributed by atoms with Crippen molar-refractivity contribution in [3.63, 3.8) is 0 Å². The largest absolute Gasteiger partial charge is 0.493 e. The predicted molar refractivity (Wildman–Crippen MR) is 49.5 cm³/mol. The molecule has 3 heteroatoms. The molecule has 1 heterocycles. The first-order valence-corrected chi connectivity index (χ1v) is 4.44. The van der Waals surface area contributed by atoms with Crippen molar-refractivity contribution in [3.8, 4) is 5.75 Å². The van der Waals surface area contributed by atoms with E-state index < -0.39 is 6.10 Å². The Labute approximate surface area is 77.1 Å². The van der Waals surface area contributed by atoms with Gasteiger partial charge in [0.15, 0.2) is 0 Å². The lowest BCUT2D eigenvalue weighted by atomic mass is 10.0. The zero-order valence-corrected chi connectivity index (χ0v) is 7.31. The average molecular weight is 179 g/mol. The third-order valence-corrected chi connectivity index (χ3v) is 2.36. The standard InChI is InChI=1S/C10H13NO2/c11-10-7-3-1-2-4-9(7)13-6-5-8(10)12/h1-4,8,10,12H,5-6,11H2. The first-order chi connectivity index (χ1) is 6.29. The molecule has 0 aliphatic carbocycles. The molecule has 0 saturated heterocycles. The van der Waals surface area contributed by atoms with E-state index in [9.17, 15) is 5.11 Å². The highest BCUT2D eigenvalue weighted by Gasteiger charge is 2.23. The summed E-state index contributed by atoms with van der Waals surface area (Å²) in [7, 11) is 0. The minimum atomic E-state index is -0.497. The van der Waals surface area contributed by atoms with Gasteiger partial charge < -0.3 is 15.6 Å². The van der Waals surface area contributed by atoms with Gasteiger partial charge in [-0.1, -0.05) is 18.2 Å². The lowest BCUT2D eigenvalue weighted by Gasteiger charge is -2.15. The summed E-state index contributed by atoms with van der Waals surface area (Å²) < 4.78 is 5.45. The van der Waals surface area contributed by atoms with E-state index in [1.165, 1.54) is 0 Å². The van der Waals surface area contributed by atoms with Gasteiger partial charge in [-0.3, -0.25) is 0 Å². The molecule has 2 rings (SSSR count). The fourth-order valence-corrected chi connectivity index (χ4v) is 1.56. The number of nitrogens with two attached hydrogens (primary N) is 1. The Kier molecular flexibility index (Phi) is 2.20. The Balaban J connectivity index is 2.40. The average Bonchev–Trinajstić information content (AvgIpc) is 2.29. The van der Waals surface area contributed by atoms with E-state index in [4.69, 9.17) is 10.5 Å². The molecule has 0 fully saturated rings. The number of rotatable bonds is 0. The summed E-state index contributed by atoms with van der Waals surface area (Å²) in [5.74, 6) is 0.798. The number of aliphatic hydroxyl groups is 1. The van der Waals surface area contributed by atoms with Crippen molar-refractivity contribution < 1.29 is 9.84 Å². The second kappa shape index (κ2) is 3.36. The monoisotopic (exact) mass is 179 g/mol. The van der Waals surface area contributed by atoms with Gasteiger partial charge in [-0.15, -0.1) is 0 Å². The number of ether oxygens (including phenoxy) is 1. The van der Waals surface area contributed by atoms with Crippen molar-refractivity contribution in [2.45, 2.75) is 18.6 Å². The highest BCUT2D eigenvalue weighted by atomic mass is 16.5.